The predicted octanol–water partition coefficient (Wildman–Crippen LogP) is 2.43. The highest BCUT2D eigenvalue weighted by Crippen LogP contribution is 2.26. The van der Waals surface area contributed by atoms with Gasteiger partial charge in [-0.3, -0.25) is 0 Å². The molecule has 0 radical (unpaired) electrons. The number of hydrogen-bond donors (Lipinski definition) is 1. The minimum Gasteiger partial charge on any atom is -0.356 e. The van der Waals surface area contributed by atoms with Crippen LogP contribution >= 0.6 is 11.6 Å². The zero-order chi connectivity index (χ0) is 11.5. The summed E-state index contributed by atoms with van der Waals surface area (Å²) < 4.78 is 0. The van der Waals surface area contributed by atoms with Gasteiger partial charge in [-0.15, -0.1) is 0 Å². The predicted molar refractivity (Wildman–Crippen MR) is 67.7 cm³/mol. The van der Waals surface area contributed by atoms with Crippen LogP contribution in [0.2, 0.25) is 5.02 Å². The van der Waals surface area contributed by atoms with Gasteiger partial charge in [-0.25, -0.2) is 4.98 Å². The quantitative estimate of drug-likeness (QED) is 0.881. The first kappa shape index (κ1) is 11.7. The molecule has 4 heteroatoms. The van der Waals surface area contributed by atoms with Crippen molar-refractivity contribution in [3.63, 3.8) is 0 Å². The molecule has 1 aliphatic rings. The molecule has 0 spiro atoms. The standard InChI is InChI=1S/C12H18ClN3/c1-2-9-3-4-16(8-9)12-5-10(6-14)11(13)7-15-12/h5,7,9H,2-4,6,8,14H2,1H3. The number of rotatable bonds is 3. The maximum absolute atomic E-state index is 6.00. The number of hydrogen-bond acceptors (Lipinski definition) is 3. The second-order valence-electron chi connectivity index (χ2n) is 4.35. The number of nitrogens with zero attached hydrogens (tertiary/aromatic N) is 2. The van der Waals surface area contributed by atoms with E-state index in [1.54, 1.807) is 6.20 Å². The summed E-state index contributed by atoms with van der Waals surface area (Å²) in [5.74, 6) is 1.82. The molecule has 1 aromatic rings. The Hall–Kier alpha value is -0.800. The van der Waals surface area contributed by atoms with Gasteiger partial charge in [0.05, 0.1) is 5.02 Å². The van der Waals surface area contributed by atoms with Crippen molar-refractivity contribution < 1.29 is 0 Å². The normalized spacial score (nSPS) is 20.4. The van der Waals surface area contributed by atoms with Gasteiger partial charge >= 0.3 is 0 Å². The molecule has 2 heterocycles. The van der Waals surface area contributed by atoms with E-state index in [2.05, 4.69) is 16.8 Å². The lowest BCUT2D eigenvalue weighted by molar-refractivity contribution is 0.568. The van der Waals surface area contributed by atoms with Crippen LogP contribution in [0.15, 0.2) is 12.3 Å². The molecule has 2 rings (SSSR count). The van der Waals surface area contributed by atoms with E-state index in [1.165, 1.54) is 12.8 Å². The van der Waals surface area contributed by atoms with Crippen molar-refractivity contribution in [2.45, 2.75) is 26.3 Å². The molecule has 1 atom stereocenters. The molecule has 1 aromatic heterocycles. The fraction of sp³-hybridized carbons (Fsp3) is 0.583. The Balaban J connectivity index is 2.15. The number of aromatic nitrogens is 1. The van der Waals surface area contributed by atoms with Gasteiger partial charge < -0.3 is 10.6 Å². The van der Waals surface area contributed by atoms with Crippen LogP contribution in [0.25, 0.3) is 0 Å². The van der Waals surface area contributed by atoms with E-state index < -0.39 is 0 Å². The average molecular weight is 240 g/mol. The van der Waals surface area contributed by atoms with Crippen molar-refractivity contribution in [1.82, 2.24) is 4.98 Å². The van der Waals surface area contributed by atoms with Crippen molar-refractivity contribution >= 4 is 17.4 Å². The zero-order valence-electron chi connectivity index (χ0n) is 9.62. The molecule has 0 bridgehead atoms. The van der Waals surface area contributed by atoms with Crippen molar-refractivity contribution in [1.29, 1.82) is 0 Å². The third-order valence-electron chi connectivity index (χ3n) is 3.33. The first-order valence-electron chi connectivity index (χ1n) is 5.84. The lowest BCUT2D eigenvalue weighted by Gasteiger charge is -2.18. The summed E-state index contributed by atoms with van der Waals surface area (Å²) in [5, 5.41) is 0.664. The highest BCUT2D eigenvalue weighted by atomic mass is 35.5. The van der Waals surface area contributed by atoms with E-state index in [9.17, 15) is 0 Å². The summed E-state index contributed by atoms with van der Waals surface area (Å²) in [6.07, 6.45) is 4.21. The topological polar surface area (TPSA) is 42.1 Å². The molecule has 16 heavy (non-hydrogen) atoms. The Labute approximate surface area is 102 Å². The highest BCUT2D eigenvalue weighted by molar-refractivity contribution is 6.31. The third kappa shape index (κ3) is 2.30. The highest BCUT2D eigenvalue weighted by Gasteiger charge is 2.22. The van der Waals surface area contributed by atoms with Crippen LogP contribution in [0.4, 0.5) is 5.82 Å². The Bertz CT molecular complexity index is 367. The summed E-state index contributed by atoms with van der Waals surface area (Å²) in [6, 6.07) is 2.01. The van der Waals surface area contributed by atoms with Crippen LogP contribution in [0.3, 0.4) is 0 Å². The molecule has 88 valence electrons. The van der Waals surface area contributed by atoms with Gasteiger partial charge in [0.1, 0.15) is 5.82 Å². The largest absolute Gasteiger partial charge is 0.356 e. The molecule has 0 aromatic carbocycles. The monoisotopic (exact) mass is 239 g/mol. The van der Waals surface area contributed by atoms with Crippen LogP contribution in [0, 0.1) is 5.92 Å². The number of halogens is 1. The smallest absolute Gasteiger partial charge is 0.128 e. The summed E-state index contributed by atoms with van der Waals surface area (Å²) in [4.78, 5) is 6.70. The second-order valence-corrected chi connectivity index (χ2v) is 4.75. The van der Waals surface area contributed by atoms with Gasteiger partial charge in [-0.1, -0.05) is 24.9 Å². The van der Waals surface area contributed by atoms with E-state index in [0.717, 1.165) is 30.4 Å². The first-order valence-corrected chi connectivity index (χ1v) is 6.21. The number of nitrogens with two attached hydrogens (primary N) is 1. The number of pyridine rings is 1. The van der Waals surface area contributed by atoms with Crippen molar-refractivity contribution in [3.8, 4) is 0 Å². The Morgan fingerprint density at radius 3 is 3.06 bits per heavy atom. The van der Waals surface area contributed by atoms with Crippen LogP contribution < -0.4 is 10.6 Å². The van der Waals surface area contributed by atoms with Gasteiger partial charge in [-0.05, 0) is 24.0 Å². The van der Waals surface area contributed by atoms with Crippen molar-refractivity contribution in [2.24, 2.45) is 11.7 Å². The van der Waals surface area contributed by atoms with E-state index in [4.69, 9.17) is 17.3 Å². The van der Waals surface area contributed by atoms with E-state index in [1.807, 2.05) is 6.07 Å². The molecular weight excluding hydrogens is 222 g/mol. The summed E-state index contributed by atoms with van der Waals surface area (Å²) in [7, 11) is 0. The SMILES string of the molecule is CCC1CCN(c2cc(CN)c(Cl)cn2)C1. The Kier molecular flexibility index (Phi) is 3.66. The van der Waals surface area contributed by atoms with E-state index in [0.29, 0.717) is 11.6 Å². The van der Waals surface area contributed by atoms with Gasteiger partial charge in [-0.2, -0.15) is 0 Å². The molecular formula is C12H18ClN3. The molecule has 3 nitrogen and oxygen atoms in total. The van der Waals surface area contributed by atoms with Gasteiger partial charge in [0.2, 0.25) is 0 Å². The van der Waals surface area contributed by atoms with E-state index in [-0.39, 0.29) is 0 Å². The lowest BCUT2D eigenvalue weighted by atomic mass is 10.1. The van der Waals surface area contributed by atoms with Crippen molar-refractivity contribution in [3.05, 3.63) is 22.8 Å². The Morgan fingerprint density at radius 1 is 1.62 bits per heavy atom. The van der Waals surface area contributed by atoms with Crippen LogP contribution in [0.1, 0.15) is 25.3 Å². The molecule has 2 N–H and O–H groups in total. The maximum Gasteiger partial charge on any atom is 0.128 e. The molecule has 1 fully saturated rings. The maximum atomic E-state index is 6.00. The third-order valence-corrected chi connectivity index (χ3v) is 3.67. The van der Waals surface area contributed by atoms with Crippen LogP contribution in [0.5, 0.6) is 0 Å². The molecule has 0 saturated carbocycles. The summed E-state index contributed by atoms with van der Waals surface area (Å²) >= 11 is 6.00. The fourth-order valence-electron chi connectivity index (χ4n) is 2.17. The molecule has 1 saturated heterocycles. The van der Waals surface area contributed by atoms with Crippen LogP contribution in [-0.4, -0.2) is 18.1 Å². The van der Waals surface area contributed by atoms with Gasteiger partial charge in [0.25, 0.3) is 0 Å². The summed E-state index contributed by atoms with van der Waals surface area (Å²) in [5.41, 5.74) is 6.62. The lowest BCUT2D eigenvalue weighted by Crippen LogP contribution is -2.21. The fourth-order valence-corrected chi connectivity index (χ4v) is 2.35. The van der Waals surface area contributed by atoms with Crippen molar-refractivity contribution in [2.75, 3.05) is 18.0 Å². The first-order chi connectivity index (χ1) is 7.74. The van der Waals surface area contributed by atoms with E-state index >= 15 is 0 Å². The summed E-state index contributed by atoms with van der Waals surface area (Å²) in [6.45, 7) is 4.92. The number of anilines is 1. The minimum absolute atomic E-state index is 0.472. The second kappa shape index (κ2) is 5.02. The molecule has 1 aliphatic heterocycles. The van der Waals surface area contributed by atoms with Gasteiger partial charge in [0.15, 0.2) is 0 Å². The zero-order valence-corrected chi connectivity index (χ0v) is 10.4. The molecule has 1 unspecified atom stereocenters. The van der Waals surface area contributed by atoms with Gasteiger partial charge in [0, 0.05) is 25.8 Å². The average Bonchev–Trinajstić information content (AvgIpc) is 2.78. The minimum atomic E-state index is 0.472. The Morgan fingerprint density at radius 2 is 2.44 bits per heavy atom. The van der Waals surface area contributed by atoms with Crippen LogP contribution in [-0.2, 0) is 6.54 Å². The molecule has 0 aliphatic carbocycles. The molecule has 0 amide bonds.